The number of carbonyl (C=O) groups excluding carboxylic acids is 2. The lowest BCUT2D eigenvalue weighted by atomic mass is 9.82. The zero-order chi connectivity index (χ0) is 19.6. The standard InChI is InChI=1S/C21H23N3O4/c25-18-5-1-3-16(9-18)20(27)24-13-21(14-24)7-6-15(12-28-21)10-23-19(26)17-4-2-8-22-11-17/h1-5,8-9,11,15,25H,6-7,10,12-14H2,(H,23,26)/t15-/m0/s1. The summed E-state index contributed by atoms with van der Waals surface area (Å²) in [4.78, 5) is 30.3. The third kappa shape index (κ3) is 3.84. The molecule has 2 aliphatic heterocycles. The number of phenols is 1. The Labute approximate surface area is 163 Å². The minimum Gasteiger partial charge on any atom is -0.508 e. The number of likely N-dealkylation sites (tertiary alicyclic amines) is 1. The Morgan fingerprint density at radius 3 is 2.75 bits per heavy atom. The highest BCUT2D eigenvalue weighted by Crippen LogP contribution is 2.36. The van der Waals surface area contributed by atoms with Crippen LogP contribution in [0.25, 0.3) is 0 Å². The van der Waals surface area contributed by atoms with Crippen molar-refractivity contribution in [3.63, 3.8) is 0 Å². The van der Waals surface area contributed by atoms with Crippen LogP contribution in [0.1, 0.15) is 33.6 Å². The SMILES string of the molecule is O=C(NC[C@@H]1CCC2(CN(C(=O)c3cccc(O)c3)C2)OC1)c1cccnc1. The van der Waals surface area contributed by atoms with Crippen molar-refractivity contribution in [2.45, 2.75) is 18.4 Å². The van der Waals surface area contributed by atoms with Gasteiger partial charge in [0, 0.05) is 24.5 Å². The molecule has 2 aromatic rings. The molecule has 1 aromatic heterocycles. The third-order valence-electron chi connectivity index (χ3n) is 5.45. The van der Waals surface area contributed by atoms with E-state index in [-0.39, 0.29) is 29.1 Å². The Morgan fingerprint density at radius 2 is 2.07 bits per heavy atom. The number of nitrogens with one attached hydrogen (secondary N) is 1. The molecule has 1 aromatic carbocycles. The highest BCUT2D eigenvalue weighted by atomic mass is 16.5. The monoisotopic (exact) mass is 381 g/mol. The van der Waals surface area contributed by atoms with Gasteiger partial charge in [0.05, 0.1) is 25.3 Å². The van der Waals surface area contributed by atoms with Crippen molar-refractivity contribution >= 4 is 11.8 Å². The van der Waals surface area contributed by atoms with Gasteiger partial charge in [0.2, 0.25) is 0 Å². The van der Waals surface area contributed by atoms with Crippen LogP contribution in [0.2, 0.25) is 0 Å². The molecule has 7 heteroatoms. The molecule has 4 rings (SSSR count). The predicted molar refractivity (Wildman–Crippen MR) is 102 cm³/mol. The summed E-state index contributed by atoms with van der Waals surface area (Å²) in [7, 11) is 0. The molecule has 0 saturated carbocycles. The lowest BCUT2D eigenvalue weighted by Gasteiger charge is -2.52. The van der Waals surface area contributed by atoms with Gasteiger partial charge in [0.25, 0.3) is 11.8 Å². The summed E-state index contributed by atoms with van der Waals surface area (Å²) in [5.41, 5.74) is 0.772. The normalized spacial score (nSPS) is 20.4. The molecular formula is C21H23N3O4. The van der Waals surface area contributed by atoms with Crippen LogP contribution in [-0.4, -0.2) is 58.6 Å². The first kappa shape index (κ1) is 18.4. The van der Waals surface area contributed by atoms with E-state index in [1.54, 1.807) is 47.6 Å². The predicted octanol–water partition coefficient (Wildman–Crippen LogP) is 1.84. The van der Waals surface area contributed by atoms with Crippen molar-refractivity contribution in [2.75, 3.05) is 26.2 Å². The number of hydrogen-bond donors (Lipinski definition) is 2. The van der Waals surface area contributed by atoms with Gasteiger partial charge in [-0.05, 0) is 49.1 Å². The van der Waals surface area contributed by atoms with E-state index < -0.39 is 0 Å². The lowest BCUT2D eigenvalue weighted by molar-refractivity contribution is -0.166. The van der Waals surface area contributed by atoms with Crippen LogP contribution in [0, 0.1) is 5.92 Å². The number of rotatable bonds is 4. The van der Waals surface area contributed by atoms with E-state index in [0.29, 0.717) is 37.4 Å². The van der Waals surface area contributed by atoms with Gasteiger partial charge < -0.3 is 20.1 Å². The molecule has 1 spiro atoms. The summed E-state index contributed by atoms with van der Waals surface area (Å²) in [6.45, 7) is 2.27. The quantitative estimate of drug-likeness (QED) is 0.843. The van der Waals surface area contributed by atoms with E-state index in [0.717, 1.165) is 12.8 Å². The minimum absolute atomic E-state index is 0.0871. The van der Waals surface area contributed by atoms with E-state index >= 15 is 0 Å². The van der Waals surface area contributed by atoms with Crippen LogP contribution < -0.4 is 5.32 Å². The second-order valence-corrected chi connectivity index (χ2v) is 7.56. The first-order chi connectivity index (χ1) is 13.5. The van der Waals surface area contributed by atoms with Crippen molar-refractivity contribution in [2.24, 2.45) is 5.92 Å². The van der Waals surface area contributed by atoms with Gasteiger partial charge in [-0.2, -0.15) is 0 Å². The van der Waals surface area contributed by atoms with Gasteiger partial charge in [-0.3, -0.25) is 14.6 Å². The van der Waals surface area contributed by atoms with E-state index in [4.69, 9.17) is 4.74 Å². The zero-order valence-electron chi connectivity index (χ0n) is 15.5. The van der Waals surface area contributed by atoms with Crippen molar-refractivity contribution in [1.29, 1.82) is 0 Å². The van der Waals surface area contributed by atoms with Crippen LogP contribution >= 0.6 is 0 Å². The average molecular weight is 381 g/mol. The number of aromatic hydroxyl groups is 1. The molecule has 3 heterocycles. The smallest absolute Gasteiger partial charge is 0.254 e. The molecule has 2 aliphatic rings. The maximum atomic E-state index is 12.5. The van der Waals surface area contributed by atoms with Gasteiger partial charge in [-0.1, -0.05) is 6.07 Å². The Morgan fingerprint density at radius 1 is 1.25 bits per heavy atom. The maximum Gasteiger partial charge on any atom is 0.254 e. The van der Waals surface area contributed by atoms with Gasteiger partial charge in [-0.25, -0.2) is 0 Å². The van der Waals surface area contributed by atoms with Crippen LogP contribution in [0.15, 0.2) is 48.8 Å². The fraction of sp³-hybridized carbons (Fsp3) is 0.381. The van der Waals surface area contributed by atoms with E-state index in [1.807, 2.05) is 0 Å². The van der Waals surface area contributed by atoms with Gasteiger partial charge in [-0.15, -0.1) is 0 Å². The number of hydrogen-bond acceptors (Lipinski definition) is 5. The molecule has 2 amide bonds. The fourth-order valence-electron chi connectivity index (χ4n) is 3.78. The summed E-state index contributed by atoms with van der Waals surface area (Å²) in [6, 6.07) is 9.88. The molecule has 0 bridgehead atoms. The molecule has 0 aliphatic carbocycles. The average Bonchev–Trinajstić information content (AvgIpc) is 2.71. The number of phenolic OH excluding ortho intramolecular Hbond substituents is 1. The number of amides is 2. The van der Waals surface area contributed by atoms with Crippen LogP contribution in [-0.2, 0) is 4.74 Å². The van der Waals surface area contributed by atoms with Crippen molar-refractivity contribution in [3.8, 4) is 5.75 Å². The van der Waals surface area contributed by atoms with Crippen molar-refractivity contribution in [3.05, 3.63) is 59.9 Å². The molecule has 146 valence electrons. The Bertz CT molecular complexity index is 855. The summed E-state index contributed by atoms with van der Waals surface area (Å²) in [6.07, 6.45) is 5.00. The number of benzene rings is 1. The summed E-state index contributed by atoms with van der Waals surface area (Å²) >= 11 is 0. The summed E-state index contributed by atoms with van der Waals surface area (Å²) in [5, 5.41) is 12.5. The molecule has 2 N–H and O–H groups in total. The van der Waals surface area contributed by atoms with Gasteiger partial charge in [0.15, 0.2) is 0 Å². The van der Waals surface area contributed by atoms with Gasteiger partial charge >= 0.3 is 0 Å². The summed E-state index contributed by atoms with van der Waals surface area (Å²) < 4.78 is 6.09. The Balaban J connectivity index is 1.23. The Hall–Kier alpha value is -2.93. The molecule has 2 saturated heterocycles. The number of ether oxygens (including phenoxy) is 1. The molecule has 0 radical (unpaired) electrons. The largest absolute Gasteiger partial charge is 0.508 e. The topological polar surface area (TPSA) is 91.8 Å². The molecule has 0 unspecified atom stereocenters. The third-order valence-corrected chi connectivity index (χ3v) is 5.45. The van der Waals surface area contributed by atoms with Crippen LogP contribution in [0.3, 0.4) is 0 Å². The zero-order valence-corrected chi connectivity index (χ0v) is 15.5. The highest BCUT2D eigenvalue weighted by molar-refractivity contribution is 5.95. The molecule has 1 atom stereocenters. The first-order valence-electron chi connectivity index (χ1n) is 9.45. The van der Waals surface area contributed by atoms with Crippen molar-refractivity contribution in [1.82, 2.24) is 15.2 Å². The fourth-order valence-corrected chi connectivity index (χ4v) is 3.78. The number of nitrogens with zero attached hydrogens (tertiary/aromatic N) is 2. The van der Waals surface area contributed by atoms with Crippen molar-refractivity contribution < 1.29 is 19.4 Å². The Kier molecular flexibility index (Phi) is 5.00. The molecular weight excluding hydrogens is 358 g/mol. The highest BCUT2D eigenvalue weighted by Gasteiger charge is 2.48. The van der Waals surface area contributed by atoms with E-state index in [1.165, 1.54) is 6.07 Å². The first-order valence-corrected chi connectivity index (χ1v) is 9.45. The second kappa shape index (κ2) is 7.59. The number of aromatic nitrogens is 1. The molecule has 2 fully saturated rings. The number of carbonyl (C=O) groups is 2. The maximum absolute atomic E-state index is 12.5. The lowest BCUT2D eigenvalue weighted by Crippen LogP contribution is -2.66. The number of pyridine rings is 1. The molecule has 7 nitrogen and oxygen atoms in total. The minimum atomic E-state index is -0.268. The van der Waals surface area contributed by atoms with Crippen LogP contribution in [0.5, 0.6) is 5.75 Å². The van der Waals surface area contributed by atoms with Gasteiger partial charge in [0.1, 0.15) is 11.4 Å². The van der Waals surface area contributed by atoms with Crippen LogP contribution in [0.4, 0.5) is 0 Å². The van der Waals surface area contributed by atoms with E-state index in [9.17, 15) is 14.7 Å². The molecule has 28 heavy (non-hydrogen) atoms. The summed E-state index contributed by atoms with van der Waals surface area (Å²) in [5.74, 6) is 0.143. The second-order valence-electron chi connectivity index (χ2n) is 7.56. The van der Waals surface area contributed by atoms with E-state index in [2.05, 4.69) is 10.3 Å².